The lowest BCUT2D eigenvalue weighted by molar-refractivity contribution is 0.650. The Morgan fingerprint density at radius 1 is 1.43 bits per heavy atom. The molecule has 2 heteroatoms. The summed E-state index contributed by atoms with van der Waals surface area (Å²) >= 11 is 4.30. The molecule has 0 aliphatic rings. The predicted octanol–water partition coefficient (Wildman–Crippen LogP) is 3.00. The molecule has 1 aromatic rings. The summed E-state index contributed by atoms with van der Waals surface area (Å²) in [5.74, 6) is 1.57. The first-order valence-corrected chi connectivity index (χ1v) is 5.65. The van der Waals surface area contributed by atoms with Crippen LogP contribution in [0.4, 0.5) is 5.69 Å². The molecule has 0 bridgehead atoms. The normalized spacial score (nSPS) is 12.6. The molecule has 0 aliphatic heterocycles. The van der Waals surface area contributed by atoms with E-state index < -0.39 is 0 Å². The summed E-state index contributed by atoms with van der Waals surface area (Å²) < 4.78 is 0. The topological polar surface area (TPSA) is 3.24 Å². The summed E-state index contributed by atoms with van der Waals surface area (Å²) in [6.07, 6.45) is 0. The van der Waals surface area contributed by atoms with Crippen molar-refractivity contribution in [3.63, 3.8) is 0 Å². The van der Waals surface area contributed by atoms with Gasteiger partial charge in [-0.15, -0.1) is 0 Å². The molecule has 1 nitrogen and oxygen atoms in total. The molecular formula is C12H19NS. The maximum Gasteiger partial charge on any atom is 0.0366 e. The van der Waals surface area contributed by atoms with Gasteiger partial charge in [0.15, 0.2) is 0 Å². The van der Waals surface area contributed by atoms with E-state index in [0.717, 1.165) is 12.3 Å². The summed E-state index contributed by atoms with van der Waals surface area (Å²) in [6, 6.07) is 8.59. The van der Waals surface area contributed by atoms with Gasteiger partial charge in [-0.3, -0.25) is 0 Å². The van der Waals surface area contributed by atoms with E-state index in [1.54, 1.807) is 0 Å². The van der Waals surface area contributed by atoms with E-state index in [1.807, 2.05) is 0 Å². The van der Waals surface area contributed by atoms with Gasteiger partial charge in [0.05, 0.1) is 0 Å². The van der Waals surface area contributed by atoms with Crippen molar-refractivity contribution < 1.29 is 0 Å². The molecule has 1 rings (SSSR count). The Morgan fingerprint density at radius 3 is 2.71 bits per heavy atom. The van der Waals surface area contributed by atoms with Crippen molar-refractivity contribution >= 4 is 18.3 Å². The maximum absolute atomic E-state index is 4.30. The summed E-state index contributed by atoms with van der Waals surface area (Å²) in [4.78, 5) is 2.29. The van der Waals surface area contributed by atoms with Crippen LogP contribution in [0.25, 0.3) is 0 Å². The number of anilines is 1. The first kappa shape index (κ1) is 11.4. The molecule has 1 aromatic carbocycles. The van der Waals surface area contributed by atoms with Gasteiger partial charge >= 0.3 is 0 Å². The Bertz CT molecular complexity index is 285. The van der Waals surface area contributed by atoms with Gasteiger partial charge in [-0.1, -0.05) is 19.1 Å². The van der Waals surface area contributed by atoms with Crippen LogP contribution in [0.2, 0.25) is 0 Å². The average Bonchev–Trinajstić information content (AvgIpc) is 2.17. The molecule has 78 valence electrons. The fourth-order valence-corrected chi connectivity index (χ4v) is 1.61. The molecule has 0 saturated carbocycles. The molecule has 0 spiro atoms. The Labute approximate surface area is 92.5 Å². The number of hydrogen-bond donors (Lipinski definition) is 1. The predicted molar refractivity (Wildman–Crippen MR) is 67.5 cm³/mol. The zero-order chi connectivity index (χ0) is 10.6. The molecule has 0 radical (unpaired) electrons. The van der Waals surface area contributed by atoms with Gasteiger partial charge in [-0.25, -0.2) is 0 Å². The number of hydrogen-bond acceptors (Lipinski definition) is 2. The molecule has 0 saturated heterocycles. The van der Waals surface area contributed by atoms with E-state index in [-0.39, 0.29) is 0 Å². The molecule has 0 heterocycles. The Hall–Kier alpha value is -0.630. The van der Waals surface area contributed by atoms with Gasteiger partial charge in [0.25, 0.3) is 0 Å². The zero-order valence-corrected chi connectivity index (χ0v) is 10.1. The smallest absolute Gasteiger partial charge is 0.0366 e. The highest BCUT2D eigenvalue weighted by molar-refractivity contribution is 7.80. The summed E-state index contributed by atoms with van der Waals surface area (Å²) in [5, 5.41) is 0. The fourth-order valence-electron chi connectivity index (χ4n) is 1.50. The van der Waals surface area contributed by atoms with Crippen LogP contribution in [0.5, 0.6) is 0 Å². The second-order valence-corrected chi connectivity index (χ2v) is 4.37. The SMILES string of the molecule is Cc1cccc(N(C)CC(C)CS)c1. The number of thiol groups is 1. The lowest BCUT2D eigenvalue weighted by Gasteiger charge is -2.22. The van der Waals surface area contributed by atoms with Crippen molar-refractivity contribution in [3.8, 4) is 0 Å². The van der Waals surface area contributed by atoms with Crippen molar-refractivity contribution in [1.29, 1.82) is 0 Å². The van der Waals surface area contributed by atoms with Crippen molar-refractivity contribution in [2.24, 2.45) is 5.92 Å². The van der Waals surface area contributed by atoms with Crippen LogP contribution < -0.4 is 4.90 Å². The van der Waals surface area contributed by atoms with E-state index in [2.05, 4.69) is 62.7 Å². The lowest BCUT2D eigenvalue weighted by Crippen LogP contribution is -2.24. The second kappa shape index (κ2) is 5.30. The van der Waals surface area contributed by atoms with Gasteiger partial charge in [0.1, 0.15) is 0 Å². The average molecular weight is 209 g/mol. The van der Waals surface area contributed by atoms with E-state index in [4.69, 9.17) is 0 Å². The van der Waals surface area contributed by atoms with Crippen molar-refractivity contribution in [2.45, 2.75) is 13.8 Å². The third kappa shape index (κ3) is 3.26. The molecule has 0 aliphatic carbocycles. The van der Waals surface area contributed by atoms with Crippen LogP contribution in [-0.2, 0) is 0 Å². The summed E-state index contributed by atoms with van der Waals surface area (Å²) in [6.45, 7) is 5.41. The van der Waals surface area contributed by atoms with Crippen molar-refractivity contribution in [1.82, 2.24) is 0 Å². The van der Waals surface area contributed by atoms with E-state index in [1.165, 1.54) is 11.3 Å². The van der Waals surface area contributed by atoms with Crippen LogP contribution in [0.15, 0.2) is 24.3 Å². The first-order valence-electron chi connectivity index (χ1n) is 5.02. The molecule has 1 atom stereocenters. The lowest BCUT2D eigenvalue weighted by atomic mass is 10.1. The van der Waals surface area contributed by atoms with Crippen LogP contribution in [0.3, 0.4) is 0 Å². The number of rotatable bonds is 4. The number of nitrogens with zero attached hydrogens (tertiary/aromatic N) is 1. The van der Waals surface area contributed by atoms with E-state index in [0.29, 0.717) is 5.92 Å². The van der Waals surface area contributed by atoms with Gasteiger partial charge in [0, 0.05) is 19.3 Å². The third-order valence-electron chi connectivity index (χ3n) is 2.34. The second-order valence-electron chi connectivity index (χ2n) is 4.01. The molecule has 14 heavy (non-hydrogen) atoms. The van der Waals surface area contributed by atoms with Crippen molar-refractivity contribution in [2.75, 3.05) is 24.2 Å². The third-order valence-corrected chi connectivity index (χ3v) is 2.96. The van der Waals surface area contributed by atoms with Crippen LogP contribution >= 0.6 is 12.6 Å². The molecule has 1 unspecified atom stereocenters. The highest BCUT2D eigenvalue weighted by Crippen LogP contribution is 2.15. The fraction of sp³-hybridized carbons (Fsp3) is 0.500. The molecule has 0 amide bonds. The van der Waals surface area contributed by atoms with Gasteiger partial charge in [-0.2, -0.15) is 12.6 Å². The van der Waals surface area contributed by atoms with Crippen molar-refractivity contribution in [3.05, 3.63) is 29.8 Å². The van der Waals surface area contributed by atoms with Gasteiger partial charge in [-0.05, 0) is 36.3 Å². The molecule has 0 N–H and O–H groups in total. The van der Waals surface area contributed by atoms with Gasteiger partial charge < -0.3 is 4.90 Å². The minimum atomic E-state index is 0.629. The Kier molecular flexibility index (Phi) is 4.33. The van der Waals surface area contributed by atoms with E-state index >= 15 is 0 Å². The molecule has 0 fully saturated rings. The minimum Gasteiger partial charge on any atom is -0.374 e. The largest absolute Gasteiger partial charge is 0.374 e. The van der Waals surface area contributed by atoms with Gasteiger partial charge in [0.2, 0.25) is 0 Å². The first-order chi connectivity index (χ1) is 6.63. The van der Waals surface area contributed by atoms with Crippen LogP contribution in [0.1, 0.15) is 12.5 Å². The quantitative estimate of drug-likeness (QED) is 0.746. The number of aryl methyl sites for hydroxylation is 1. The minimum absolute atomic E-state index is 0.629. The highest BCUT2D eigenvalue weighted by Gasteiger charge is 2.05. The summed E-state index contributed by atoms with van der Waals surface area (Å²) in [7, 11) is 2.13. The van der Waals surface area contributed by atoms with Crippen LogP contribution in [-0.4, -0.2) is 19.3 Å². The number of benzene rings is 1. The molecule has 0 aromatic heterocycles. The zero-order valence-electron chi connectivity index (χ0n) is 9.20. The Balaban J connectivity index is 2.64. The van der Waals surface area contributed by atoms with Crippen LogP contribution in [0, 0.1) is 12.8 Å². The highest BCUT2D eigenvalue weighted by atomic mass is 32.1. The maximum atomic E-state index is 4.30. The standard InChI is InChI=1S/C12H19NS/c1-10-5-4-6-12(7-10)13(3)8-11(2)9-14/h4-7,11,14H,8-9H2,1-3H3. The monoisotopic (exact) mass is 209 g/mol. The molecular weight excluding hydrogens is 190 g/mol. The Morgan fingerprint density at radius 2 is 2.14 bits per heavy atom. The summed E-state index contributed by atoms with van der Waals surface area (Å²) in [5.41, 5.74) is 2.60. The van der Waals surface area contributed by atoms with E-state index in [9.17, 15) is 0 Å².